The van der Waals surface area contributed by atoms with Gasteiger partial charge in [0, 0.05) is 31.9 Å². The van der Waals surface area contributed by atoms with Crippen LogP contribution in [0, 0.1) is 0 Å². The normalized spacial score (nSPS) is 11.6. The minimum absolute atomic E-state index is 0. The number of nitrogens with one attached hydrogen (secondary N) is 4. The summed E-state index contributed by atoms with van der Waals surface area (Å²) in [6, 6.07) is 7.56. The highest BCUT2D eigenvalue weighted by molar-refractivity contribution is 14.0. The van der Waals surface area contributed by atoms with Crippen molar-refractivity contribution >= 4 is 41.7 Å². The summed E-state index contributed by atoms with van der Waals surface area (Å²) in [4.78, 5) is 16.3. The monoisotopic (exact) mass is 491 g/mol. The van der Waals surface area contributed by atoms with E-state index in [9.17, 15) is 4.79 Å². The maximum atomic E-state index is 11.7. The van der Waals surface area contributed by atoms with Crippen LogP contribution < -0.4 is 21.3 Å². The molecule has 1 aromatic rings. The predicted octanol–water partition coefficient (Wildman–Crippen LogP) is 3.31. The molecule has 0 aliphatic carbocycles. The third-order valence-electron chi connectivity index (χ3n) is 3.63. The summed E-state index contributed by atoms with van der Waals surface area (Å²) in [5.74, 6) is 0.746. The molecule has 1 aromatic carbocycles. The van der Waals surface area contributed by atoms with Gasteiger partial charge in [-0.1, -0.05) is 12.1 Å². The number of carbonyl (C=O) groups excluding carboxylic acids is 1. The maximum Gasteiger partial charge on any atom is 0.319 e. The van der Waals surface area contributed by atoms with E-state index >= 15 is 0 Å². The fourth-order valence-electron chi connectivity index (χ4n) is 2.00. The largest absolute Gasteiger partial charge is 0.377 e. The maximum absolute atomic E-state index is 11.7. The Hall–Kier alpha value is -1.55. The second kappa shape index (κ2) is 12.8. The van der Waals surface area contributed by atoms with E-state index in [0.717, 1.165) is 23.8 Å². The van der Waals surface area contributed by atoms with E-state index in [1.165, 1.54) is 0 Å². The molecule has 0 aliphatic heterocycles. The Balaban J connectivity index is 0.00000676. The lowest BCUT2D eigenvalue weighted by Crippen LogP contribution is -2.45. The van der Waals surface area contributed by atoms with Crippen molar-refractivity contribution in [1.82, 2.24) is 16.0 Å². The summed E-state index contributed by atoms with van der Waals surface area (Å²) in [6.45, 7) is 11.9. The number of amides is 2. The third kappa shape index (κ3) is 11.0. The Labute approximate surface area is 180 Å². The molecule has 0 fully saturated rings. The Kier molecular flexibility index (Phi) is 12.0. The molecule has 0 radical (unpaired) electrons. The Morgan fingerprint density at radius 1 is 1.19 bits per heavy atom. The van der Waals surface area contributed by atoms with Crippen LogP contribution >= 0.6 is 24.0 Å². The Morgan fingerprint density at radius 2 is 1.81 bits per heavy atom. The molecule has 0 saturated heterocycles. The number of ether oxygens (including phenoxy) is 1. The van der Waals surface area contributed by atoms with Gasteiger partial charge in [0.05, 0.1) is 12.1 Å². The van der Waals surface area contributed by atoms with Gasteiger partial charge in [0.2, 0.25) is 0 Å². The van der Waals surface area contributed by atoms with Gasteiger partial charge < -0.3 is 26.0 Å². The van der Waals surface area contributed by atoms with Crippen LogP contribution in [-0.4, -0.2) is 43.8 Å². The molecule has 0 heterocycles. The average Bonchev–Trinajstić information content (AvgIpc) is 2.58. The predicted molar refractivity (Wildman–Crippen MR) is 123 cm³/mol. The number of carbonyl (C=O) groups is 1. The quantitative estimate of drug-likeness (QED) is 0.255. The van der Waals surface area contributed by atoms with Crippen molar-refractivity contribution in [1.29, 1.82) is 0 Å². The van der Waals surface area contributed by atoms with E-state index in [1.807, 2.05) is 58.9 Å². The lowest BCUT2D eigenvalue weighted by atomic mass is 10.1. The van der Waals surface area contributed by atoms with Crippen molar-refractivity contribution < 1.29 is 9.53 Å². The van der Waals surface area contributed by atoms with E-state index in [1.54, 1.807) is 7.11 Å². The number of urea groups is 1. The summed E-state index contributed by atoms with van der Waals surface area (Å²) in [7, 11) is 1.70. The number of hydrogen-bond donors (Lipinski definition) is 4. The highest BCUT2D eigenvalue weighted by Gasteiger charge is 2.16. The minimum Gasteiger partial charge on any atom is -0.377 e. The van der Waals surface area contributed by atoms with Crippen molar-refractivity contribution in [3.05, 3.63) is 29.8 Å². The van der Waals surface area contributed by atoms with Gasteiger partial charge in [-0.2, -0.15) is 0 Å². The van der Waals surface area contributed by atoms with Crippen LogP contribution in [0.5, 0.6) is 0 Å². The molecule has 0 spiro atoms. The van der Waals surface area contributed by atoms with Crippen molar-refractivity contribution in [2.45, 2.75) is 52.8 Å². The zero-order valence-electron chi connectivity index (χ0n) is 17.2. The molecule has 8 heteroatoms. The van der Waals surface area contributed by atoms with Crippen molar-refractivity contribution in [3.63, 3.8) is 0 Å². The summed E-state index contributed by atoms with van der Waals surface area (Å²) < 4.78 is 5.41. The molecule has 2 amide bonds. The summed E-state index contributed by atoms with van der Waals surface area (Å²) >= 11 is 0. The third-order valence-corrected chi connectivity index (χ3v) is 3.63. The van der Waals surface area contributed by atoms with Crippen LogP contribution in [0.25, 0.3) is 0 Å². The fraction of sp³-hybridized carbons (Fsp3) is 0.579. The van der Waals surface area contributed by atoms with Gasteiger partial charge in [-0.25, -0.2) is 9.79 Å². The van der Waals surface area contributed by atoms with Crippen molar-refractivity contribution in [3.8, 4) is 0 Å². The van der Waals surface area contributed by atoms with E-state index in [2.05, 4.69) is 26.3 Å². The summed E-state index contributed by atoms with van der Waals surface area (Å²) in [6.07, 6.45) is 0. The summed E-state index contributed by atoms with van der Waals surface area (Å²) in [5.41, 5.74) is 1.55. The molecular weight excluding hydrogens is 457 g/mol. The SMILES string of the molecule is CCNC(=NCc1ccc(NC(=O)NC(C)C)cc1)NCC(C)(C)OC.I. The van der Waals surface area contributed by atoms with Crippen LogP contribution in [0.1, 0.15) is 40.2 Å². The molecule has 4 N–H and O–H groups in total. The van der Waals surface area contributed by atoms with Crippen molar-refractivity contribution in [2.75, 3.05) is 25.5 Å². The lowest BCUT2D eigenvalue weighted by Gasteiger charge is -2.24. The molecule has 154 valence electrons. The highest BCUT2D eigenvalue weighted by Crippen LogP contribution is 2.10. The Bertz CT molecular complexity index is 588. The summed E-state index contributed by atoms with van der Waals surface area (Å²) in [5, 5.41) is 12.1. The van der Waals surface area contributed by atoms with Crippen LogP contribution in [0.3, 0.4) is 0 Å². The number of guanidine groups is 1. The Morgan fingerprint density at radius 3 is 2.33 bits per heavy atom. The number of methoxy groups -OCH3 is 1. The number of halogens is 1. The second-order valence-electron chi connectivity index (χ2n) is 6.96. The van der Waals surface area contributed by atoms with Crippen LogP contribution in [0.4, 0.5) is 10.5 Å². The average molecular weight is 491 g/mol. The molecule has 0 aliphatic rings. The first-order valence-electron chi connectivity index (χ1n) is 8.99. The highest BCUT2D eigenvalue weighted by atomic mass is 127. The smallest absolute Gasteiger partial charge is 0.319 e. The number of rotatable bonds is 8. The van der Waals surface area contributed by atoms with E-state index in [0.29, 0.717) is 13.1 Å². The van der Waals surface area contributed by atoms with Gasteiger partial charge in [-0.15, -0.1) is 24.0 Å². The van der Waals surface area contributed by atoms with Gasteiger partial charge in [0.1, 0.15) is 0 Å². The zero-order valence-corrected chi connectivity index (χ0v) is 19.5. The number of nitrogens with zero attached hydrogens (tertiary/aromatic N) is 1. The van der Waals surface area contributed by atoms with Gasteiger partial charge >= 0.3 is 6.03 Å². The molecule has 0 saturated carbocycles. The van der Waals surface area contributed by atoms with Crippen LogP contribution in [-0.2, 0) is 11.3 Å². The van der Waals surface area contributed by atoms with Gasteiger partial charge in [-0.3, -0.25) is 0 Å². The molecule has 0 unspecified atom stereocenters. The van der Waals surface area contributed by atoms with Crippen LogP contribution in [0.2, 0.25) is 0 Å². The van der Waals surface area contributed by atoms with Gasteiger partial charge in [0.15, 0.2) is 5.96 Å². The standard InChI is InChI=1S/C19H33N5O2.HI/c1-7-20-17(22-13-19(4,5)26-6)21-12-15-8-10-16(11-9-15)24-18(25)23-14(2)3;/h8-11,14H,7,12-13H2,1-6H3,(H2,20,21,22)(H2,23,24,25);1H. The topological polar surface area (TPSA) is 86.8 Å². The molecule has 0 bridgehead atoms. The number of anilines is 1. The number of benzene rings is 1. The molecule has 0 atom stereocenters. The first-order chi connectivity index (χ1) is 12.3. The second-order valence-corrected chi connectivity index (χ2v) is 6.96. The minimum atomic E-state index is -0.264. The van der Waals surface area contributed by atoms with E-state index in [-0.39, 0.29) is 41.7 Å². The molecular formula is C19H34IN5O2. The van der Waals surface area contributed by atoms with Crippen molar-refractivity contribution in [2.24, 2.45) is 4.99 Å². The molecule has 27 heavy (non-hydrogen) atoms. The van der Waals surface area contributed by atoms with Gasteiger partial charge in [-0.05, 0) is 52.3 Å². The number of aliphatic imine (C=N–C) groups is 1. The van der Waals surface area contributed by atoms with Gasteiger partial charge in [0.25, 0.3) is 0 Å². The van der Waals surface area contributed by atoms with E-state index < -0.39 is 0 Å². The van der Waals surface area contributed by atoms with E-state index in [4.69, 9.17) is 4.74 Å². The molecule has 0 aromatic heterocycles. The number of hydrogen-bond acceptors (Lipinski definition) is 3. The molecule has 1 rings (SSSR count). The first kappa shape index (κ1) is 25.4. The molecule has 7 nitrogen and oxygen atoms in total. The zero-order chi connectivity index (χ0) is 19.6. The fourth-order valence-corrected chi connectivity index (χ4v) is 2.00. The first-order valence-corrected chi connectivity index (χ1v) is 8.99. The lowest BCUT2D eigenvalue weighted by molar-refractivity contribution is 0.0268. The van der Waals surface area contributed by atoms with Crippen LogP contribution in [0.15, 0.2) is 29.3 Å².